The van der Waals surface area contributed by atoms with Crippen LogP contribution in [-0.4, -0.2) is 37.3 Å². The van der Waals surface area contributed by atoms with Crippen molar-refractivity contribution >= 4 is 17.7 Å². The lowest BCUT2D eigenvalue weighted by atomic mass is 10.2. The number of carboxylic acids is 1. The Morgan fingerprint density at radius 3 is 2.94 bits per heavy atom. The molecule has 0 saturated carbocycles. The Morgan fingerprint density at radius 2 is 2.41 bits per heavy atom. The van der Waals surface area contributed by atoms with Gasteiger partial charge in [-0.05, 0) is 12.1 Å². The summed E-state index contributed by atoms with van der Waals surface area (Å²) >= 11 is 1.85. The number of hydrogen-bond acceptors (Lipinski definition) is 3. The molecule has 17 heavy (non-hydrogen) atoms. The van der Waals surface area contributed by atoms with E-state index < -0.39 is 5.97 Å². The van der Waals surface area contributed by atoms with Gasteiger partial charge in [0.05, 0.1) is 11.7 Å². The van der Waals surface area contributed by atoms with Crippen LogP contribution in [0.2, 0.25) is 0 Å². The minimum Gasteiger partial charge on any atom is -0.476 e. The lowest BCUT2D eigenvalue weighted by Gasteiger charge is -2.26. The Kier molecular flexibility index (Phi) is 2.44. The largest absolute Gasteiger partial charge is 0.476 e. The first-order valence-corrected chi connectivity index (χ1v) is 6.45. The van der Waals surface area contributed by atoms with Crippen LogP contribution in [0.3, 0.4) is 0 Å². The van der Waals surface area contributed by atoms with Crippen molar-refractivity contribution in [3.63, 3.8) is 0 Å². The van der Waals surface area contributed by atoms with Crippen LogP contribution in [0.4, 0.5) is 0 Å². The number of aromatic amines is 1. The minimum atomic E-state index is -0.979. The van der Waals surface area contributed by atoms with Gasteiger partial charge in [-0.1, -0.05) is 0 Å². The van der Waals surface area contributed by atoms with Crippen molar-refractivity contribution in [1.82, 2.24) is 14.8 Å². The summed E-state index contributed by atoms with van der Waals surface area (Å²) in [4.78, 5) is 14.0. The lowest BCUT2D eigenvalue weighted by molar-refractivity contribution is 0.0689. The quantitative estimate of drug-likeness (QED) is 0.871. The number of aromatic nitrogens is 3. The molecule has 0 atom stereocenters. The molecule has 88 valence electrons. The average Bonchev–Trinajstić information content (AvgIpc) is 2.80. The molecule has 0 aromatic carbocycles. The van der Waals surface area contributed by atoms with Gasteiger partial charge < -0.3 is 10.1 Å². The molecule has 0 spiro atoms. The zero-order valence-electron chi connectivity index (χ0n) is 8.96. The van der Waals surface area contributed by atoms with E-state index in [0.717, 1.165) is 22.8 Å². The predicted octanol–water partition coefficient (Wildman–Crippen LogP) is 1.86. The van der Waals surface area contributed by atoms with Gasteiger partial charge in [0.25, 0.3) is 0 Å². The van der Waals surface area contributed by atoms with E-state index in [1.165, 1.54) is 0 Å². The number of nitrogens with one attached hydrogen (secondary N) is 1. The van der Waals surface area contributed by atoms with Crippen LogP contribution >= 0.6 is 11.8 Å². The fraction of sp³-hybridized carbons (Fsp3) is 0.273. The third-order valence-electron chi connectivity index (χ3n) is 2.81. The van der Waals surface area contributed by atoms with Gasteiger partial charge in [0.1, 0.15) is 0 Å². The van der Waals surface area contributed by atoms with E-state index in [1.807, 2.05) is 34.9 Å². The van der Waals surface area contributed by atoms with Crippen molar-refractivity contribution in [3.05, 3.63) is 30.2 Å². The van der Waals surface area contributed by atoms with E-state index >= 15 is 0 Å². The number of H-pyrrole nitrogens is 1. The van der Waals surface area contributed by atoms with Crippen LogP contribution in [0.5, 0.6) is 0 Å². The van der Waals surface area contributed by atoms with Gasteiger partial charge in [-0.2, -0.15) is 16.9 Å². The summed E-state index contributed by atoms with van der Waals surface area (Å²) in [6.45, 7) is 0. The number of nitrogens with zero attached hydrogens (tertiary/aromatic N) is 2. The third kappa shape index (κ3) is 1.74. The normalized spacial score (nSPS) is 15.8. The van der Waals surface area contributed by atoms with Crippen LogP contribution in [0.15, 0.2) is 24.5 Å². The molecule has 2 aromatic rings. The highest BCUT2D eigenvalue weighted by molar-refractivity contribution is 8.00. The highest BCUT2D eigenvalue weighted by Gasteiger charge is 2.26. The van der Waals surface area contributed by atoms with Crippen LogP contribution in [0.25, 0.3) is 11.3 Å². The van der Waals surface area contributed by atoms with E-state index in [9.17, 15) is 4.79 Å². The van der Waals surface area contributed by atoms with E-state index in [4.69, 9.17) is 5.11 Å². The Balaban J connectivity index is 2.08. The number of hydrogen-bond donors (Lipinski definition) is 2. The molecule has 6 heteroatoms. The first-order valence-electron chi connectivity index (χ1n) is 5.29. The van der Waals surface area contributed by atoms with Gasteiger partial charge in [0, 0.05) is 29.5 Å². The number of carbonyl (C=O) groups is 1. The molecule has 3 heterocycles. The van der Waals surface area contributed by atoms with Crippen molar-refractivity contribution in [2.24, 2.45) is 0 Å². The lowest BCUT2D eigenvalue weighted by Crippen LogP contribution is -2.24. The molecule has 1 aliphatic heterocycles. The van der Waals surface area contributed by atoms with E-state index in [1.54, 1.807) is 6.07 Å². The van der Waals surface area contributed by atoms with Crippen molar-refractivity contribution in [1.29, 1.82) is 0 Å². The van der Waals surface area contributed by atoms with E-state index in [0.29, 0.717) is 6.04 Å². The fourth-order valence-corrected chi connectivity index (χ4v) is 2.57. The SMILES string of the molecule is O=C(O)c1cc(-c2cc[nH]c2)n(C2CSC2)n1. The van der Waals surface area contributed by atoms with Gasteiger partial charge in [0.2, 0.25) is 0 Å². The number of thioether (sulfide) groups is 1. The zero-order chi connectivity index (χ0) is 11.8. The average molecular weight is 249 g/mol. The maximum atomic E-state index is 11.0. The second-order valence-corrected chi connectivity index (χ2v) is 5.03. The molecular formula is C11H11N3O2S. The maximum absolute atomic E-state index is 11.0. The third-order valence-corrected chi connectivity index (χ3v) is 4.06. The highest BCUT2D eigenvalue weighted by atomic mass is 32.2. The molecule has 0 amide bonds. The van der Waals surface area contributed by atoms with Gasteiger partial charge >= 0.3 is 5.97 Å². The Bertz CT molecular complexity index is 543. The van der Waals surface area contributed by atoms with Crippen molar-refractivity contribution in [2.75, 3.05) is 11.5 Å². The molecule has 0 aliphatic carbocycles. The number of carboxylic acid groups (broad SMARTS) is 1. The van der Waals surface area contributed by atoms with Gasteiger partial charge in [-0.3, -0.25) is 4.68 Å². The molecule has 2 aromatic heterocycles. The minimum absolute atomic E-state index is 0.109. The number of rotatable bonds is 3. The molecule has 5 nitrogen and oxygen atoms in total. The summed E-state index contributed by atoms with van der Waals surface area (Å²) in [6.07, 6.45) is 3.67. The van der Waals surface area contributed by atoms with Gasteiger partial charge in [-0.15, -0.1) is 0 Å². The van der Waals surface area contributed by atoms with Crippen LogP contribution in [-0.2, 0) is 0 Å². The molecule has 3 rings (SSSR count). The van der Waals surface area contributed by atoms with Crippen molar-refractivity contribution < 1.29 is 9.90 Å². The summed E-state index contributed by atoms with van der Waals surface area (Å²) < 4.78 is 1.84. The van der Waals surface area contributed by atoms with Crippen LogP contribution < -0.4 is 0 Å². The van der Waals surface area contributed by atoms with E-state index in [2.05, 4.69) is 10.1 Å². The summed E-state index contributed by atoms with van der Waals surface area (Å²) in [5, 5.41) is 13.2. The second kappa shape index (κ2) is 3.96. The molecule has 1 fully saturated rings. The Morgan fingerprint density at radius 1 is 1.59 bits per heavy atom. The van der Waals surface area contributed by atoms with Crippen molar-refractivity contribution in [3.8, 4) is 11.3 Å². The molecule has 0 bridgehead atoms. The fourth-order valence-electron chi connectivity index (χ4n) is 1.84. The monoisotopic (exact) mass is 249 g/mol. The molecule has 1 saturated heterocycles. The molecular weight excluding hydrogens is 238 g/mol. The molecule has 1 aliphatic rings. The highest BCUT2D eigenvalue weighted by Crippen LogP contribution is 2.33. The van der Waals surface area contributed by atoms with Gasteiger partial charge in [-0.25, -0.2) is 4.79 Å². The van der Waals surface area contributed by atoms with Crippen LogP contribution in [0.1, 0.15) is 16.5 Å². The smallest absolute Gasteiger partial charge is 0.356 e. The van der Waals surface area contributed by atoms with Gasteiger partial charge in [0.15, 0.2) is 5.69 Å². The standard InChI is InChI=1S/C11H11N3O2S/c15-11(16)9-3-10(7-1-2-12-4-7)14(13-9)8-5-17-6-8/h1-4,8,12H,5-6H2,(H,15,16). The predicted molar refractivity (Wildman–Crippen MR) is 65.3 cm³/mol. The van der Waals surface area contributed by atoms with Crippen molar-refractivity contribution in [2.45, 2.75) is 6.04 Å². The maximum Gasteiger partial charge on any atom is 0.356 e. The topological polar surface area (TPSA) is 70.9 Å². The molecule has 0 radical (unpaired) electrons. The first kappa shape index (κ1) is 10.5. The summed E-state index contributed by atoms with van der Waals surface area (Å²) in [5.41, 5.74) is 1.95. The second-order valence-electron chi connectivity index (χ2n) is 3.96. The molecule has 0 unspecified atom stereocenters. The molecule has 2 N–H and O–H groups in total. The first-order chi connectivity index (χ1) is 8.25. The Labute approximate surface area is 102 Å². The summed E-state index contributed by atoms with van der Waals surface area (Å²) in [5.74, 6) is 1.02. The van der Waals surface area contributed by atoms with Crippen LogP contribution in [0, 0.1) is 0 Å². The Hall–Kier alpha value is -1.69. The number of aromatic carboxylic acids is 1. The summed E-state index contributed by atoms with van der Waals surface area (Å²) in [6, 6.07) is 3.87. The summed E-state index contributed by atoms with van der Waals surface area (Å²) in [7, 11) is 0. The zero-order valence-corrected chi connectivity index (χ0v) is 9.78. The van der Waals surface area contributed by atoms with E-state index in [-0.39, 0.29) is 5.69 Å².